The highest BCUT2D eigenvalue weighted by Gasteiger charge is 2.32. The maximum atomic E-state index is 13.0. The fraction of sp³-hybridized carbons (Fsp3) is 0.520. The lowest BCUT2D eigenvalue weighted by molar-refractivity contribution is -0.142. The van der Waals surface area contributed by atoms with E-state index in [4.69, 9.17) is 5.73 Å². The number of aliphatic hydroxyl groups is 1. The number of fused-ring (bicyclic) bond motifs is 1. The Hall–Kier alpha value is -3.44. The molecule has 11 nitrogen and oxygen atoms in total. The number of rotatable bonds is 13. The van der Waals surface area contributed by atoms with Gasteiger partial charge in [0.1, 0.15) is 18.1 Å². The fourth-order valence-corrected chi connectivity index (χ4v) is 3.86. The number of hydrogen-bond acceptors (Lipinski definition) is 6. The van der Waals surface area contributed by atoms with Crippen LogP contribution in [-0.4, -0.2) is 69.7 Å². The zero-order valence-corrected chi connectivity index (χ0v) is 21.1. The maximum absolute atomic E-state index is 13.0. The molecule has 2 rings (SSSR count). The molecule has 8 N–H and O–H groups in total. The molecule has 3 amide bonds. The topological polar surface area (TPSA) is 187 Å². The average Bonchev–Trinajstić information content (AvgIpc) is 3.22. The summed E-state index contributed by atoms with van der Waals surface area (Å²) in [5, 5.41) is 27.7. The van der Waals surface area contributed by atoms with E-state index in [1.54, 1.807) is 20.0 Å². The number of benzene rings is 1. The summed E-state index contributed by atoms with van der Waals surface area (Å²) in [6.07, 6.45) is 2.13. The molecule has 0 radical (unpaired) electrons. The number of carbonyl (C=O) groups excluding carboxylic acids is 3. The molecule has 36 heavy (non-hydrogen) atoms. The smallest absolute Gasteiger partial charge is 0.326 e. The van der Waals surface area contributed by atoms with Crippen molar-refractivity contribution in [2.75, 3.05) is 6.61 Å². The first-order chi connectivity index (χ1) is 16.9. The van der Waals surface area contributed by atoms with Gasteiger partial charge in [0, 0.05) is 23.5 Å². The lowest BCUT2D eigenvalue weighted by atomic mass is 10.0. The summed E-state index contributed by atoms with van der Waals surface area (Å²) in [6, 6.07) is 2.91. The molecular weight excluding hydrogens is 466 g/mol. The lowest BCUT2D eigenvalue weighted by Gasteiger charge is -2.26. The van der Waals surface area contributed by atoms with E-state index in [0.29, 0.717) is 6.42 Å². The van der Waals surface area contributed by atoms with Crippen LogP contribution in [0.3, 0.4) is 0 Å². The number of hydrogen-bond donors (Lipinski definition) is 7. The first kappa shape index (κ1) is 28.8. The third-order valence-corrected chi connectivity index (χ3v) is 5.84. The van der Waals surface area contributed by atoms with Crippen LogP contribution in [0, 0.1) is 11.8 Å². The highest BCUT2D eigenvalue weighted by atomic mass is 16.4. The normalized spacial score (nSPS) is 14.8. The van der Waals surface area contributed by atoms with Gasteiger partial charge in [0.15, 0.2) is 0 Å². The molecule has 4 unspecified atom stereocenters. The van der Waals surface area contributed by atoms with Crippen LogP contribution in [0.15, 0.2) is 30.5 Å². The minimum Gasteiger partial charge on any atom is -0.480 e. The molecule has 0 saturated carbocycles. The minimum atomic E-state index is -1.31. The van der Waals surface area contributed by atoms with E-state index in [1.807, 2.05) is 38.1 Å². The number of para-hydroxylation sites is 1. The van der Waals surface area contributed by atoms with E-state index in [1.165, 1.54) is 0 Å². The van der Waals surface area contributed by atoms with E-state index in [-0.39, 0.29) is 12.3 Å². The van der Waals surface area contributed by atoms with Crippen LogP contribution in [0.25, 0.3) is 10.9 Å². The van der Waals surface area contributed by atoms with Crippen molar-refractivity contribution in [3.05, 3.63) is 36.0 Å². The highest BCUT2D eigenvalue weighted by Crippen LogP contribution is 2.19. The molecule has 0 aliphatic rings. The van der Waals surface area contributed by atoms with Gasteiger partial charge in [0.05, 0.1) is 12.6 Å². The first-order valence-corrected chi connectivity index (χ1v) is 12.0. The van der Waals surface area contributed by atoms with Crippen molar-refractivity contribution in [2.45, 2.75) is 64.7 Å². The van der Waals surface area contributed by atoms with Crippen LogP contribution in [0.5, 0.6) is 0 Å². The van der Waals surface area contributed by atoms with Crippen molar-refractivity contribution in [3.63, 3.8) is 0 Å². The van der Waals surface area contributed by atoms with Crippen LogP contribution >= 0.6 is 0 Å². The zero-order valence-electron chi connectivity index (χ0n) is 21.1. The van der Waals surface area contributed by atoms with Crippen LogP contribution in [-0.2, 0) is 25.6 Å². The van der Waals surface area contributed by atoms with Crippen molar-refractivity contribution in [1.82, 2.24) is 20.9 Å². The van der Waals surface area contributed by atoms with Gasteiger partial charge in [-0.05, 0) is 29.9 Å². The first-order valence-electron chi connectivity index (χ1n) is 12.0. The van der Waals surface area contributed by atoms with Crippen LogP contribution < -0.4 is 21.7 Å². The Kier molecular flexibility index (Phi) is 10.4. The quantitative estimate of drug-likeness (QED) is 0.204. The predicted octanol–water partition coefficient (Wildman–Crippen LogP) is 0.271. The number of nitrogens with two attached hydrogens (primary N) is 1. The van der Waals surface area contributed by atoms with Crippen molar-refractivity contribution in [2.24, 2.45) is 17.6 Å². The molecule has 1 aromatic heterocycles. The summed E-state index contributed by atoms with van der Waals surface area (Å²) in [6.45, 7) is 6.48. The molecule has 11 heteroatoms. The number of nitrogens with one attached hydrogen (secondary N) is 4. The number of carbonyl (C=O) groups is 4. The number of H-pyrrole nitrogens is 1. The summed E-state index contributed by atoms with van der Waals surface area (Å²) in [7, 11) is 0. The predicted molar refractivity (Wildman–Crippen MR) is 135 cm³/mol. The molecule has 0 saturated heterocycles. The van der Waals surface area contributed by atoms with Crippen LogP contribution in [0.1, 0.15) is 39.7 Å². The van der Waals surface area contributed by atoms with Crippen molar-refractivity contribution in [3.8, 4) is 0 Å². The monoisotopic (exact) mass is 503 g/mol. The third kappa shape index (κ3) is 7.79. The number of aliphatic hydroxyl groups excluding tert-OH is 1. The van der Waals surface area contributed by atoms with Gasteiger partial charge < -0.3 is 36.9 Å². The number of carboxylic acids is 1. The summed E-state index contributed by atoms with van der Waals surface area (Å²) >= 11 is 0. The standard InChI is InChI=1S/C25H37N5O6/c1-13(2)9-17(26)22(32)29-20(12-31)23(33)30-21(14(3)4)24(34)28-19(25(35)36)10-15-11-27-18-8-6-5-7-16(15)18/h5-8,11,13-14,17,19-21,27,31H,9-10,12,26H2,1-4H3,(H,28,34)(H,29,32)(H,30,33)(H,35,36). The van der Waals surface area contributed by atoms with E-state index in [9.17, 15) is 29.4 Å². The van der Waals surface area contributed by atoms with E-state index in [2.05, 4.69) is 20.9 Å². The fourth-order valence-electron chi connectivity index (χ4n) is 3.86. The second kappa shape index (κ2) is 13.0. The SMILES string of the molecule is CC(C)CC(N)C(=O)NC(CO)C(=O)NC(C(=O)NC(Cc1c[nH]c2ccccc12)C(=O)O)C(C)C. The Morgan fingerprint density at radius 1 is 0.944 bits per heavy atom. The van der Waals surface area contributed by atoms with Gasteiger partial charge in [-0.3, -0.25) is 14.4 Å². The Labute approximate surface area is 210 Å². The molecule has 0 aliphatic carbocycles. The summed E-state index contributed by atoms with van der Waals surface area (Å²) < 4.78 is 0. The summed E-state index contributed by atoms with van der Waals surface area (Å²) in [4.78, 5) is 53.1. The minimum absolute atomic E-state index is 0.0346. The second-order valence-electron chi connectivity index (χ2n) is 9.67. The lowest BCUT2D eigenvalue weighted by Crippen LogP contribution is -2.59. The van der Waals surface area contributed by atoms with Gasteiger partial charge in [0.25, 0.3) is 0 Å². The molecule has 1 aromatic carbocycles. The Morgan fingerprint density at radius 2 is 1.58 bits per heavy atom. The highest BCUT2D eigenvalue weighted by molar-refractivity contribution is 5.94. The molecule has 2 aromatic rings. The van der Waals surface area contributed by atoms with Gasteiger partial charge >= 0.3 is 5.97 Å². The number of aliphatic carboxylic acids is 1. The van der Waals surface area contributed by atoms with E-state index >= 15 is 0 Å². The summed E-state index contributed by atoms with van der Waals surface area (Å²) in [5.74, 6) is -3.53. The van der Waals surface area contributed by atoms with E-state index < -0.39 is 60.4 Å². The van der Waals surface area contributed by atoms with Crippen LogP contribution in [0.2, 0.25) is 0 Å². The zero-order chi connectivity index (χ0) is 27.0. The third-order valence-electron chi connectivity index (χ3n) is 5.84. The maximum Gasteiger partial charge on any atom is 0.326 e. The molecule has 1 heterocycles. The Balaban J connectivity index is 2.09. The number of aromatic amines is 1. The summed E-state index contributed by atoms with van der Waals surface area (Å²) in [5.41, 5.74) is 7.42. The molecule has 198 valence electrons. The second-order valence-corrected chi connectivity index (χ2v) is 9.67. The van der Waals surface area contributed by atoms with Crippen molar-refractivity contribution in [1.29, 1.82) is 0 Å². The Morgan fingerprint density at radius 3 is 2.17 bits per heavy atom. The van der Waals surface area contributed by atoms with Crippen molar-refractivity contribution < 1.29 is 29.4 Å². The number of carboxylic acid groups (broad SMARTS) is 1. The van der Waals surface area contributed by atoms with Gasteiger partial charge in [-0.1, -0.05) is 45.9 Å². The molecule has 0 fully saturated rings. The molecule has 0 aliphatic heterocycles. The molecule has 4 atom stereocenters. The molecular formula is C25H37N5O6. The van der Waals surface area contributed by atoms with Crippen molar-refractivity contribution >= 4 is 34.6 Å². The van der Waals surface area contributed by atoms with E-state index in [0.717, 1.165) is 16.5 Å². The number of amides is 3. The Bertz CT molecular complexity index is 1070. The number of aromatic nitrogens is 1. The van der Waals surface area contributed by atoms with Gasteiger partial charge in [-0.15, -0.1) is 0 Å². The average molecular weight is 504 g/mol. The molecule has 0 bridgehead atoms. The van der Waals surface area contributed by atoms with Gasteiger partial charge in [0.2, 0.25) is 17.7 Å². The largest absolute Gasteiger partial charge is 0.480 e. The van der Waals surface area contributed by atoms with Crippen LogP contribution in [0.4, 0.5) is 0 Å². The molecule has 0 spiro atoms. The van der Waals surface area contributed by atoms with Gasteiger partial charge in [-0.2, -0.15) is 0 Å². The van der Waals surface area contributed by atoms with Gasteiger partial charge in [-0.25, -0.2) is 4.79 Å².